The molecule has 5 rings (SSSR count). The number of benzene rings is 2. The maximum absolute atomic E-state index is 12.5. The van der Waals surface area contributed by atoms with Crippen molar-refractivity contribution in [2.45, 2.75) is 11.9 Å². The molecule has 6 nitrogen and oxygen atoms in total. The molecule has 3 aromatic rings. The van der Waals surface area contributed by atoms with Crippen molar-refractivity contribution in [2.24, 2.45) is 5.73 Å². The van der Waals surface area contributed by atoms with Gasteiger partial charge in [0.05, 0.1) is 23.6 Å². The quantitative estimate of drug-likeness (QED) is 0.711. The van der Waals surface area contributed by atoms with Crippen LogP contribution in [-0.4, -0.2) is 15.9 Å². The van der Waals surface area contributed by atoms with Gasteiger partial charge in [0.25, 0.3) is 0 Å². The molecule has 28 heavy (non-hydrogen) atoms. The predicted molar refractivity (Wildman–Crippen MR) is 110 cm³/mol. The summed E-state index contributed by atoms with van der Waals surface area (Å²) in [7, 11) is -1.41. The zero-order valence-corrected chi connectivity index (χ0v) is 16.0. The van der Waals surface area contributed by atoms with Gasteiger partial charge in [0.2, 0.25) is 0 Å². The van der Waals surface area contributed by atoms with Gasteiger partial charge in [-0.1, -0.05) is 18.2 Å². The van der Waals surface area contributed by atoms with E-state index in [0.29, 0.717) is 16.7 Å². The second kappa shape index (κ2) is 6.38. The number of rotatable bonds is 3. The molecule has 1 aromatic heterocycles. The standard InChI is InChI=1S/C21H18N4O2S/c1-13-11-15(27-14-5-3-2-4-6-14)7-8-16(13)25-12-24-19-18-17(25)9-10-23-21(18)28(26)20(19)22/h2-11,24H,12,22H2,1H3. The van der Waals surface area contributed by atoms with E-state index in [1.165, 1.54) is 0 Å². The monoisotopic (exact) mass is 390 g/mol. The zero-order valence-electron chi connectivity index (χ0n) is 15.2. The van der Waals surface area contributed by atoms with Crippen LogP contribution in [-0.2, 0) is 10.8 Å². The fourth-order valence-corrected chi connectivity index (χ4v) is 4.72. The topological polar surface area (TPSA) is 80.5 Å². The van der Waals surface area contributed by atoms with Crippen LogP contribution in [0.1, 0.15) is 11.1 Å². The zero-order chi connectivity index (χ0) is 19.3. The number of nitrogens with zero attached hydrogens (tertiary/aromatic N) is 2. The van der Waals surface area contributed by atoms with Crippen molar-refractivity contribution < 1.29 is 8.95 Å². The lowest BCUT2D eigenvalue weighted by molar-refractivity contribution is 0.482. The third-order valence-corrected chi connectivity index (χ3v) is 6.17. The number of ether oxygens (including phenoxy) is 1. The van der Waals surface area contributed by atoms with Crippen LogP contribution in [0.3, 0.4) is 0 Å². The summed E-state index contributed by atoms with van der Waals surface area (Å²) in [5, 5.41) is 4.17. The number of aromatic nitrogens is 1. The molecule has 0 spiro atoms. The van der Waals surface area contributed by atoms with E-state index in [2.05, 4.69) is 15.2 Å². The minimum atomic E-state index is -1.41. The molecule has 0 radical (unpaired) electrons. The first kappa shape index (κ1) is 16.8. The van der Waals surface area contributed by atoms with E-state index in [0.717, 1.165) is 39.7 Å². The minimum absolute atomic E-state index is 0.345. The van der Waals surface area contributed by atoms with Crippen molar-refractivity contribution in [3.63, 3.8) is 0 Å². The van der Waals surface area contributed by atoms with Crippen molar-refractivity contribution in [1.29, 1.82) is 0 Å². The molecule has 140 valence electrons. The average Bonchev–Trinajstić information content (AvgIpc) is 2.96. The SMILES string of the molecule is Cc1cc(Oc2ccccc2)ccc1N1CNC2=C(N)S(=O)c3nccc1c32. The van der Waals surface area contributed by atoms with Crippen LogP contribution >= 0.6 is 0 Å². The van der Waals surface area contributed by atoms with Gasteiger partial charge in [0.1, 0.15) is 32.4 Å². The van der Waals surface area contributed by atoms with E-state index in [9.17, 15) is 4.21 Å². The van der Waals surface area contributed by atoms with Crippen LogP contribution in [0.5, 0.6) is 11.5 Å². The van der Waals surface area contributed by atoms with Gasteiger partial charge >= 0.3 is 0 Å². The molecule has 0 amide bonds. The summed E-state index contributed by atoms with van der Waals surface area (Å²) in [6.07, 6.45) is 1.68. The third-order valence-electron chi connectivity index (χ3n) is 4.91. The molecule has 2 aliphatic heterocycles. The van der Waals surface area contributed by atoms with E-state index in [4.69, 9.17) is 10.5 Å². The molecule has 2 aliphatic rings. The van der Waals surface area contributed by atoms with Crippen LogP contribution in [0.25, 0.3) is 5.70 Å². The number of nitrogens with one attached hydrogen (secondary N) is 1. The third kappa shape index (κ3) is 2.55. The fraction of sp³-hybridized carbons (Fsp3) is 0.0952. The lowest BCUT2D eigenvalue weighted by Crippen LogP contribution is -2.35. The molecular weight excluding hydrogens is 372 g/mol. The van der Waals surface area contributed by atoms with E-state index in [1.54, 1.807) is 6.20 Å². The molecular formula is C21H18N4O2S. The van der Waals surface area contributed by atoms with E-state index in [1.807, 2.05) is 61.5 Å². The van der Waals surface area contributed by atoms with Crippen LogP contribution in [0, 0.1) is 6.92 Å². The molecule has 3 N–H and O–H groups in total. The van der Waals surface area contributed by atoms with Crippen molar-refractivity contribution in [1.82, 2.24) is 10.3 Å². The van der Waals surface area contributed by atoms with Gasteiger partial charge < -0.3 is 20.7 Å². The molecule has 0 bridgehead atoms. The summed E-state index contributed by atoms with van der Waals surface area (Å²) in [4.78, 5) is 6.43. The van der Waals surface area contributed by atoms with Crippen LogP contribution in [0.4, 0.5) is 11.4 Å². The highest BCUT2D eigenvalue weighted by Crippen LogP contribution is 2.43. The largest absolute Gasteiger partial charge is 0.457 e. The second-order valence-corrected chi connectivity index (χ2v) is 8.01. The molecule has 0 fully saturated rings. The van der Waals surface area contributed by atoms with Crippen LogP contribution in [0.2, 0.25) is 0 Å². The van der Waals surface area contributed by atoms with E-state index >= 15 is 0 Å². The Balaban J connectivity index is 1.52. The smallest absolute Gasteiger partial charge is 0.145 e. The molecule has 0 saturated carbocycles. The molecule has 3 heterocycles. The summed E-state index contributed by atoms with van der Waals surface area (Å²) < 4.78 is 18.4. The summed E-state index contributed by atoms with van der Waals surface area (Å²) in [6, 6.07) is 17.6. The number of hydrogen-bond acceptors (Lipinski definition) is 6. The van der Waals surface area contributed by atoms with Crippen molar-refractivity contribution in [2.75, 3.05) is 11.6 Å². The highest BCUT2D eigenvalue weighted by molar-refractivity contribution is 7.89. The first-order valence-corrected chi connectivity index (χ1v) is 10.0. The lowest BCUT2D eigenvalue weighted by atomic mass is 10.1. The number of pyridine rings is 1. The Morgan fingerprint density at radius 2 is 1.93 bits per heavy atom. The van der Waals surface area contributed by atoms with E-state index in [-0.39, 0.29) is 0 Å². The minimum Gasteiger partial charge on any atom is -0.457 e. The van der Waals surface area contributed by atoms with Gasteiger partial charge in [-0.15, -0.1) is 0 Å². The summed E-state index contributed by atoms with van der Waals surface area (Å²) in [5.41, 5.74) is 10.7. The molecule has 2 aromatic carbocycles. The summed E-state index contributed by atoms with van der Waals surface area (Å²) >= 11 is 0. The number of hydrogen-bond donors (Lipinski definition) is 2. The molecule has 0 saturated heterocycles. The molecule has 0 aliphatic carbocycles. The Bertz CT molecular complexity index is 1140. The number of anilines is 2. The number of aryl methyl sites for hydroxylation is 1. The predicted octanol–water partition coefficient (Wildman–Crippen LogP) is 3.59. The number of nitrogens with two attached hydrogens (primary N) is 1. The second-order valence-electron chi connectivity index (χ2n) is 6.64. The Labute approximate surface area is 165 Å². The van der Waals surface area contributed by atoms with Crippen LogP contribution < -0.4 is 20.7 Å². The van der Waals surface area contributed by atoms with E-state index < -0.39 is 10.8 Å². The Hall–Kier alpha value is -3.32. The Morgan fingerprint density at radius 3 is 2.71 bits per heavy atom. The highest BCUT2D eigenvalue weighted by atomic mass is 32.2. The summed E-state index contributed by atoms with van der Waals surface area (Å²) in [5.74, 6) is 1.58. The molecule has 7 heteroatoms. The van der Waals surface area contributed by atoms with Gasteiger partial charge in [-0.3, -0.25) is 0 Å². The van der Waals surface area contributed by atoms with Gasteiger partial charge in [-0.25, -0.2) is 9.19 Å². The molecule has 1 atom stereocenters. The van der Waals surface area contributed by atoms with Crippen LogP contribution in [0.15, 0.2) is 70.8 Å². The van der Waals surface area contributed by atoms with Gasteiger partial charge in [-0.2, -0.15) is 0 Å². The van der Waals surface area contributed by atoms with Gasteiger partial charge in [0.15, 0.2) is 0 Å². The van der Waals surface area contributed by atoms with Gasteiger partial charge in [0, 0.05) is 11.9 Å². The lowest BCUT2D eigenvalue weighted by Gasteiger charge is -2.33. The Morgan fingerprint density at radius 1 is 1.11 bits per heavy atom. The Kier molecular flexibility index (Phi) is 3.84. The van der Waals surface area contributed by atoms with Crippen molar-refractivity contribution in [3.8, 4) is 11.5 Å². The maximum Gasteiger partial charge on any atom is 0.145 e. The number of para-hydroxylation sites is 1. The highest BCUT2D eigenvalue weighted by Gasteiger charge is 2.35. The van der Waals surface area contributed by atoms with Gasteiger partial charge in [-0.05, 0) is 48.9 Å². The molecule has 1 unspecified atom stereocenters. The maximum atomic E-state index is 12.5. The first-order chi connectivity index (χ1) is 13.6. The van der Waals surface area contributed by atoms with Crippen molar-refractivity contribution in [3.05, 3.63) is 77.0 Å². The average molecular weight is 390 g/mol. The summed E-state index contributed by atoms with van der Waals surface area (Å²) in [6.45, 7) is 2.58. The van der Waals surface area contributed by atoms with Crippen molar-refractivity contribution >= 4 is 27.9 Å². The fourth-order valence-electron chi connectivity index (χ4n) is 3.61. The normalized spacial score (nSPS) is 17.3. The first-order valence-electron chi connectivity index (χ1n) is 8.89.